The van der Waals surface area contributed by atoms with Crippen LogP contribution in [-0.4, -0.2) is 4.98 Å². The number of fused-ring (bicyclic) bond motifs is 1. The van der Waals surface area contributed by atoms with Crippen LogP contribution in [-0.2, 0) is 0 Å². The monoisotopic (exact) mass is 231 g/mol. The molecule has 0 unspecified atom stereocenters. The van der Waals surface area contributed by atoms with E-state index < -0.39 is 0 Å². The van der Waals surface area contributed by atoms with Crippen molar-refractivity contribution in [1.29, 1.82) is 0 Å². The number of nitrogens with one attached hydrogen (secondary N) is 1. The van der Waals surface area contributed by atoms with Crippen molar-refractivity contribution in [3.05, 3.63) is 42.6 Å². The van der Waals surface area contributed by atoms with Crippen LogP contribution in [0, 0.1) is 0 Å². The molecule has 0 radical (unpaired) electrons. The third-order valence-corrected chi connectivity index (χ3v) is 2.05. The number of allylic oxidation sites excluding steroid dienone is 1. The standard InChI is InChI=1S/C11H11N.C3H8.C2H6/c1-8(2)9-4-3-5-11-10(9)6-7-12-11;1-3-2;1-2/h3-7,12H,1H2,2H3;3H2,1-2H3;1-2H3. The number of hydrogen-bond acceptors (Lipinski definition) is 0. The molecular formula is C16H25N. The van der Waals surface area contributed by atoms with Crippen LogP contribution in [0.25, 0.3) is 16.5 Å². The van der Waals surface area contributed by atoms with Gasteiger partial charge in [0.05, 0.1) is 0 Å². The molecule has 2 rings (SSSR count). The van der Waals surface area contributed by atoms with Gasteiger partial charge >= 0.3 is 0 Å². The molecule has 94 valence electrons. The predicted octanol–water partition coefficient (Wildman–Crippen LogP) is 5.64. The first-order valence-corrected chi connectivity index (χ1v) is 6.42. The number of H-pyrrole nitrogens is 1. The molecule has 0 bridgehead atoms. The normalized spacial score (nSPS) is 8.76. The van der Waals surface area contributed by atoms with Crippen molar-refractivity contribution in [1.82, 2.24) is 4.98 Å². The van der Waals surface area contributed by atoms with Crippen molar-refractivity contribution < 1.29 is 0 Å². The predicted molar refractivity (Wildman–Crippen MR) is 80.3 cm³/mol. The molecule has 0 aliphatic carbocycles. The van der Waals surface area contributed by atoms with E-state index in [1.165, 1.54) is 22.9 Å². The Morgan fingerprint density at radius 2 is 1.76 bits per heavy atom. The fraction of sp³-hybridized carbons (Fsp3) is 0.375. The van der Waals surface area contributed by atoms with E-state index in [-0.39, 0.29) is 0 Å². The molecule has 1 heteroatoms. The lowest BCUT2D eigenvalue weighted by molar-refractivity contribution is 1.09. The Morgan fingerprint density at radius 3 is 2.29 bits per heavy atom. The van der Waals surface area contributed by atoms with E-state index in [4.69, 9.17) is 0 Å². The van der Waals surface area contributed by atoms with Gasteiger partial charge in [-0.1, -0.05) is 58.4 Å². The summed E-state index contributed by atoms with van der Waals surface area (Å²) in [6, 6.07) is 8.29. The van der Waals surface area contributed by atoms with Crippen molar-refractivity contribution in [2.24, 2.45) is 0 Å². The quantitative estimate of drug-likeness (QED) is 0.653. The molecule has 0 saturated carbocycles. The van der Waals surface area contributed by atoms with Gasteiger partial charge in [-0.25, -0.2) is 0 Å². The molecule has 1 aromatic heterocycles. The molecule has 1 N–H and O–H groups in total. The van der Waals surface area contributed by atoms with Crippen LogP contribution < -0.4 is 0 Å². The zero-order chi connectivity index (χ0) is 13.3. The summed E-state index contributed by atoms with van der Waals surface area (Å²) in [7, 11) is 0. The molecule has 0 amide bonds. The number of hydrogen-bond donors (Lipinski definition) is 1. The Labute approximate surface area is 106 Å². The summed E-state index contributed by atoms with van der Waals surface area (Å²) in [6.45, 7) is 14.2. The van der Waals surface area contributed by atoms with Gasteiger partial charge in [0.15, 0.2) is 0 Å². The molecule has 2 aromatic rings. The maximum absolute atomic E-state index is 3.94. The molecule has 1 nitrogen and oxygen atoms in total. The van der Waals surface area contributed by atoms with Crippen LogP contribution in [0.5, 0.6) is 0 Å². The Kier molecular flexibility index (Phi) is 7.87. The van der Waals surface area contributed by atoms with Gasteiger partial charge in [0.1, 0.15) is 0 Å². The van der Waals surface area contributed by atoms with Crippen LogP contribution >= 0.6 is 0 Å². The Bertz CT molecular complexity index is 437. The van der Waals surface area contributed by atoms with Gasteiger partial charge in [-0.2, -0.15) is 0 Å². The highest BCUT2D eigenvalue weighted by atomic mass is 14.7. The zero-order valence-electron chi connectivity index (χ0n) is 11.8. The van der Waals surface area contributed by atoms with Crippen LogP contribution in [0.1, 0.15) is 46.6 Å². The molecule has 17 heavy (non-hydrogen) atoms. The fourth-order valence-electron chi connectivity index (χ4n) is 1.46. The SMILES string of the molecule is C=C(C)c1cccc2[nH]ccc12.CC.CCC. The third-order valence-electron chi connectivity index (χ3n) is 2.05. The maximum atomic E-state index is 3.94. The van der Waals surface area contributed by atoms with E-state index in [9.17, 15) is 0 Å². The van der Waals surface area contributed by atoms with Gasteiger partial charge in [-0.05, 0) is 24.6 Å². The second kappa shape index (κ2) is 8.63. The molecule has 0 aliphatic heterocycles. The van der Waals surface area contributed by atoms with Gasteiger partial charge in [0, 0.05) is 17.1 Å². The van der Waals surface area contributed by atoms with E-state index in [0.717, 1.165) is 5.57 Å². The number of rotatable bonds is 1. The molecule has 1 heterocycles. The Morgan fingerprint density at radius 1 is 1.18 bits per heavy atom. The molecule has 1 aromatic carbocycles. The first kappa shape index (κ1) is 15.5. The largest absolute Gasteiger partial charge is 0.361 e. The molecule has 0 atom stereocenters. The minimum absolute atomic E-state index is 1.11. The minimum Gasteiger partial charge on any atom is -0.361 e. The van der Waals surface area contributed by atoms with Gasteiger partial charge < -0.3 is 4.98 Å². The first-order chi connectivity index (χ1) is 8.20. The van der Waals surface area contributed by atoms with Gasteiger partial charge in [0.2, 0.25) is 0 Å². The third kappa shape index (κ3) is 4.48. The second-order valence-electron chi connectivity index (χ2n) is 3.73. The lowest BCUT2D eigenvalue weighted by Crippen LogP contribution is -1.78. The average molecular weight is 231 g/mol. The summed E-state index contributed by atoms with van der Waals surface area (Å²) in [5.41, 5.74) is 3.52. The van der Waals surface area contributed by atoms with Gasteiger partial charge in [0.25, 0.3) is 0 Å². The van der Waals surface area contributed by atoms with Gasteiger partial charge in [-0.15, -0.1) is 0 Å². The molecule has 0 spiro atoms. The maximum Gasteiger partial charge on any atom is 0.0460 e. The molecule has 0 aliphatic rings. The summed E-state index contributed by atoms with van der Waals surface area (Å²) >= 11 is 0. The fourth-order valence-corrected chi connectivity index (χ4v) is 1.46. The lowest BCUT2D eigenvalue weighted by Gasteiger charge is -2.00. The van der Waals surface area contributed by atoms with E-state index in [2.05, 4.69) is 43.6 Å². The number of aromatic nitrogens is 1. The van der Waals surface area contributed by atoms with Crippen molar-refractivity contribution in [3.63, 3.8) is 0 Å². The summed E-state index contributed by atoms with van der Waals surface area (Å²) in [5.74, 6) is 0. The molecule has 0 fully saturated rings. The average Bonchev–Trinajstić information content (AvgIpc) is 2.80. The second-order valence-corrected chi connectivity index (χ2v) is 3.73. The summed E-state index contributed by atoms with van der Waals surface area (Å²) in [6.07, 6.45) is 3.21. The summed E-state index contributed by atoms with van der Waals surface area (Å²) < 4.78 is 0. The van der Waals surface area contributed by atoms with Crippen molar-refractivity contribution in [3.8, 4) is 0 Å². The minimum atomic E-state index is 1.11. The topological polar surface area (TPSA) is 15.8 Å². The van der Waals surface area contributed by atoms with Crippen molar-refractivity contribution in [2.45, 2.75) is 41.0 Å². The summed E-state index contributed by atoms with van der Waals surface area (Å²) in [4.78, 5) is 3.17. The van der Waals surface area contributed by atoms with Crippen molar-refractivity contribution >= 4 is 16.5 Å². The highest BCUT2D eigenvalue weighted by Crippen LogP contribution is 2.22. The highest BCUT2D eigenvalue weighted by Gasteiger charge is 2.00. The van der Waals surface area contributed by atoms with Crippen LogP contribution in [0.3, 0.4) is 0 Å². The molecule has 0 saturated heterocycles. The van der Waals surface area contributed by atoms with Crippen LogP contribution in [0.2, 0.25) is 0 Å². The first-order valence-electron chi connectivity index (χ1n) is 6.42. The Balaban J connectivity index is 0.000000450. The van der Waals surface area contributed by atoms with E-state index in [0.29, 0.717) is 0 Å². The summed E-state index contributed by atoms with van der Waals surface area (Å²) in [5, 5.41) is 1.25. The molecular weight excluding hydrogens is 206 g/mol. The van der Waals surface area contributed by atoms with Gasteiger partial charge in [-0.3, -0.25) is 0 Å². The van der Waals surface area contributed by atoms with E-state index >= 15 is 0 Å². The van der Waals surface area contributed by atoms with E-state index in [1.54, 1.807) is 0 Å². The van der Waals surface area contributed by atoms with Crippen molar-refractivity contribution in [2.75, 3.05) is 0 Å². The smallest absolute Gasteiger partial charge is 0.0460 e. The van der Waals surface area contributed by atoms with Crippen LogP contribution in [0.4, 0.5) is 0 Å². The number of aromatic amines is 1. The highest BCUT2D eigenvalue weighted by molar-refractivity contribution is 5.91. The lowest BCUT2D eigenvalue weighted by atomic mass is 10.1. The Hall–Kier alpha value is -1.50. The van der Waals surface area contributed by atoms with Crippen LogP contribution in [0.15, 0.2) is 37.0 Å². The number of benzene rings is 1. The zero-order valence-corrected chi connectivity index (χ0v) is 11.8. The van der Waals surface area contributed by atoms with E-state index in [1.807, 2.05) is 33.0 Å².